The number of ether oxygens (including phenoxy) is 1. The van der Waals surface area contributed by atoms with Crippen LogP contribution in [0.5, 0.6) is 5.75 Å². The molecule has 0 atom stereocenters. The second kappa shape index (κ2) is 4.39. The van der Waals surface area contributed by atoms with E-state index in [1.165, 1.54) is 0 Å². The molecule has 0 fully saturated rings. The topological polar surface area (TPSA) is 46.5 Å². The molecule has 0 saturated heterocycles. The third kappa shape index (κ3) is 2.08. The molecule has 0 aromatic heterocycles. The Morgan fingerprint density at radius 3 is 3.06 bits per heavy atom. The van der Waals surface area contributed by atoms with Gasteiger partial charge in [-0.25, -0.2) is 4.79 Å². The number of carbonyl (C=O) groups is 1. The largest absolute Gasteiger partial charge is 0.493 e. The van der Waals surface area contributed by atoms with Gasteiger partial charge in [-0.3, -0.25) is 0 Å². The number of aliphatic carboxylic acids is 1. The zero-order chi connectivity index (χ0) is 11.5. The van der Waals surface area contributed by atoms with Crippen molar-refractivity contribution in [2.45, 2.75) is 19.8 Å². The number of hydrogen-bond donors (Lipinski definition) is 1. The van der Waals surface area contributed by atoms with Crippen molar-refractivity contribution in [3.63, 3.8) is 0 Å². The first-order valence-electron chi connectivity index (χ1n) is 5.40. The second-order valence-corrected chi connectivity index (χ2v) is 3.79. The molecule has 1 heterocycles. The van der Waals surface area contributed by atoms with Gasteiger partial charge in [0.1, 0.15) is 5.75 Å². The lowest BCUT2D eigenvalue weighted by Gasteiger charge is -2.01. The molecule has 1 aliphatic rings. The molecule has 0 spiro atoms. The maximum atomic E-state index is 10.9. The van der Waals surface area contributed by atoms with Crippen LogP contribution in [0.1, 0.15) is 24.5 Å². The molecule has 84 valence electrons. The van der Waals surface area contributed by atoms with E-state index in [4.69, 9.17) is 9.84 Å². The summed E-state index contributed by atoms with van der Waals surface area (Å²) >= 11 is 0. The minimum absolute atomic E-state index is 0.430. The normalized spacial score (nSPS) is 14.4. The fourth-order valence-electron chi connectivity index (χ4n) is 1.81. The first-order valence-corrected chi connectivity index (χ1v) is 5.40. The zero-order valence-electron chi connectivity index (χ0n) is 9.19. The number of carboxylic acids is 1. The Kier molecular flexibility index (Phi) is 2.95. The van der Waals surface area contributed by atoms with Crippen LogP contribution >= 0.6 is 0 Å². The van der Waals surface area contributed by atoms with Gasteiger partial charge < -0.3 is 9.84 Å². The molecule has 2 rings (SSSR count). The molecule has 0 aliphatic carbocycles. The van der Waals surface area contributed by atoms with E-state index < -0.39 is 5.97 Å². The summed E-state index contributed by atoms with van der Waals surface area (Å²) in [5.41, 5.74) is 2.52. The van der Waals surface area contributed by atoms with E-state index in [2.05, 4.69) is 0 Å². The highest BCUT2D eigenvalue weighted by Gasteiger charge is 2.12. The minimum Gasteiger partial charge on any atom is -0.493 e. The lowest BCUT2D eigenvalue weighted by atomic mass is 10.1. The van der Waals surface area contributed by atoms with Crippen LogP contribution in [0.3, 0.4) is 0 Å². The smallest absolute Gasteiger partial charge is 0.331 e. The predicted octanol–water partition coefficient (Wildman–Crippen LogP) is 2.50. The Morgan fingerprint density at radius 2 is 2.38 bits per heavy atom. The fourth-order valence-corrected chi connectivity index (χ4v) is 1.81. The van der Waals surface area contributed by atoms with Crippen molar-refractivity contribution in [1.82, 2.24) is 0 Å². The molecule has 0 radical (unpaired) electrons. The average molecular weight is 218 g/mol. The van der Waals surface area contributed by atoms with E-state index in [9.17, 15) is 4.79 Å². The molecule has 1 aromatic rings. The van der Waals surface area contributed by atoms with Crippen molar-refractivity contribution in [2.24, 2.45) is 0 Å². The van der Waals surface area contributed by atoms with Crippen LogP contribution in [0.25, 0.3) is 6.08 Å². The quantitative estimate of drug-likeness (QED) is 0.793. The van der Waals surface area contributed by atoms with Gasteiger partial charge in [-0.2, -0.15) is 0 Å². The van der Waals surface area contributed by atoms with Crippen LogP contribution in [0.4, 0.5) is 0 Å². The molecule has 16 heavy (non-hydrogen) atoms. The Morgan fingerprint density at radius 1 is 1.56 bits per heavy atom. The number of benzene rings is 1. The summed E-state index contributed by atoms with van der Waals surface area (Å²) in [4.78, 5) is 10.9. The molecule has 0 saturated carbocycles. The third-order valence-corrected chi connectivity index (χ3v) is 2.71. The summed E-state index contributed by atoms with van der Waals surface area (Å²) in [5.74, 6) is 0.0739. The summed E-state index contributed by atoms with van der Waals surface area (Å²) in [6.07, 6.45) is 3.16. The van der Waals surface area contributed by atoms with E-state index in [-0.39, 0.29) is 0 Å². The first-order chi connectivity index (χ1) is 7.70. The highest BCUT2D eigenvalue weighted by molar-refractivity contribution is 5.92. The minimum atomic E-state index is -0.848. The number of fused-ring (bicyclic) bond motifs is 1. The van der Waals surface area contributed by atoms with Gasteiger partial charge in [-0.1, -0.05) is 13.0 Å². The maximum Gasteiger partial charge on any atom is 0.331 e. The van der Waals surface area contributed by atoms with Crippen LogP contribution in [-0.2, 0) is 11.2 Å². The summed E-state index contributed by atoms with van der Waals surface area (Å²) in [7, 11) is 0. The predicted molar refractivity (Wildman–Crippen MR) is 61.5 cm³/mol. The summed E-state index contributed by atoms with van der Waals surface area (Å²) in [6, 6.07) is 5.80. The van der Waals surface area contributed by atoms with E-state index >= 15 is 0 Å². The van der Waals surface area contributed by atoms with Gasteiger partial charge in [-0.15, -0.1) is 0 Å². The number of carboxylic acid groups (broad SMARTS) is 1. The van der Waals surface area contributed by atoms with Gasteiger partial charge in [0, 0.05) is 12.0 Å². The Balaban J connectivity index is 2.31. The van der Waals surface area contributed by atoms with Crippen LogP contribution in [0, 0.1) is 0 Å². The summed E-state index contributed by atoms with van der Waals surface area (Å²) in [5, 5.41) is 8.94. The van der Waals surface area contributed by atoms with Gasteiger partial charge in [-0.05, 0) is 35.8 Å². The van der Waals surface area contributed by atoms with Crippen LogP contribution < -0.4 is 4.74 Å². The number of rotatable bonds is 3. The molecule has 1 aromatic carbocycles. The van der Waals surface area contributed by atoms with Crippen molar-refractivity contribution >= 4 is 12.0 Å². The maximum absolute atomic E-state index is 10.9. The molecule has 3 nitrogen and oxygen atoms in total. The van der Waals surface area contributed by atoms with Gasteiger partial charge in [0.25, 0.3) is 0 Å². The molecule has 0 bridgehead atoms. The molecule has 3 heteroatoms. The first kappa shape index (κ1) is 10.7. The lowest BCUT2D eigenvalue weighted by molar-refractivity contribution is -0.132. The van der Waals surface area contributed by atoms with Crippen molar-refractivity contribution in [3.8, 4) is 5.75 Å². The third-order valence-electron chi connectivity index (χ3n) is 2.71. The molecule has 0 unspecified atom stereocenters. The van der Waals surface area contributed by atoms with Crippen molar-refractivity contribution in [3.05, 3.63) is 34.9 Å². The second-order valence-electron chi connectivity index (χ2n) is 3.79. The standard InChI is InChI=1S/C13H14O3/c1-2-10(13(14)15)7-9-3-4-12-11(8-9)5-6-16-12/h3-4,7-8H,2,5-6H2,1H3,(H,14,15)/b10-7+. The van der Waals surface area contributed by atoms with Crippen molar-refractivity contribution in [1.29, 1.82) is 0 Å². The van der Waals surface area contributed by atoms with Crippen LogP contribution in [0.2, 0.25) is 0 Å². The van der Waals surface area contributed by atoms with Gasteiger partial charge in [0.05, 0.1) is 6.61 Å². The average Bonchev–Trinajstić information content (AvgIpc) is 2.72. The van der Waals surface area contributed by atoms with Gasteiger partial charge >= 0.3 is 5.97 Å². The molecular weight excluding hydrogens is 204 g/mol. The monoisotopic (exact) mass is 218 g/mol. The Hall–Kier alpha value is -1.77. The molecule has 1 aliphatic heterocycles. The van der Waals surface area contributed by atoms with Crippen LogP contribution in [0.15, 0.2) is 23.8 Å². The van der Waals surface area contributed by atoms with E-state index in [0.717, 1.165) is 29.9 Å². The van der Waals surface area contributed by atoms with Gasteiger partial charge in [0.2, 0.25) is 0 Å². The van der Waals surface area contributed by atoms with Crippen LogP contribution in [-0.4, -0.2) is 17.7 Å². The highest BCUT2D eigenvalue weighted by atomic mass is 16.5. The molecule has 0 amide bonds. The van der Waals surface area contributed by atoms with E-state index in [1.54, 1.807) is 6.08 Å². The van der Waals surface area contributed by atoms with E-state index in [0.29, 0.717) is 12.0 Å². The van der Waals surface area contributed by atoms with Crippen molar-refractivity contribution < 1.29 is 14.6 Å². The Labute approximate surface area is 94.4 Å². The fraction of sp³-hybridized carbons (Fsp3) is 0.308. The summed E-state index contributed by atoms with van der Waals surface area (Å²) < 4.78 is 5.40. The Bertz CT molecular complexity index is 446. The highest BCUT2D eigenvalue weighted by Crippen LogP contribution is 2.26. The van der Waals surface area contributed by atoms with Crippen molar-refractivity contribution in [2.75, 3.05) is 6.61 Å². The lowest BCUT2D eigenvalue weighted by Crippen LogP contribution is -1.98. The van der Waals surface area contributed by atoms with E-state index in [1.807, 2.05) is 25.1 Å². The number of hydrogen-bond acceptors (Lipinski definition) is 2. The zero-order valence-corrected chi connectivity index (χ0v) is 9.19. The SMILES string of the molecule is CC/C(=C\c1ccc2c(c1)CCO2)C(=O)O. The summed E-state index contributed by atoms with van der Waals surface area (Å²) in [6.45, 7) is 2.57. The van der Waals surface area contributed by atoms with Gasteiger partial charge in [0.15, 0.2) is 0 Å². The molecular formula is C13H14O3. The molecule has 1 N–H and O–H groups in total.